The van der Waals surface area contributed by atoms with Crippen LogP contribution in [0.25, 0.3) is 0 Å². The molecule has 2 nitrogen and oxygen atoms in total. The molecule has 2 atom stereocenters. The van der Waals surface area contributed by atoms with Gasteiger partial charge in [0.15, 0.2) is 12.0 Å². The predicted molar refractivity (Wildman–Crippen MR) is 43.7 cm³/mol. The van der Waals surface area contributed by atoms with Crippen LogP contribution in [-0.4, -0.2) is 25.2 Å². The minimum Gasteiger partial charge on any atom is -0.381 e. The molecule has 0 aromatic rings. The molecule has 1 saturated carbocycles. The highest BCUT2D eigenvalue weighted by Gasteiger charge is 2.28. The molecule has 0 amide bonds. The SMILES string of the molecule is CCOCC1CCC(=O)C(F)C1. The molecule has 70 valence electrons. The number of alkyl halides is 1. The topological polar surface area (TPSA) is 26.3 Å². The molecule has 0 aromatic heterocycles. The molecular weight excluding hydrogens is 159 g/mol. The molecule has 0 saturated heterocycles. The van der Waals surface area contributed by atoms with Gasteiger partial charge in [-0.05, 0) is 25.7 Å². The van der Waals surface area contributed by atoms with Crippen LogP contribution in [0.15, 0.2) is 0 Å². The van der Waals surface area contributed by atoms with Gasteiger partial charge < -0.3 is 4.74 Å². The number of ether oxygens (including phenoxy) is 1. The van der Waals surface area contributed by atoms with Crippen molar-refractivity contribution in [3.05, 3.63) is 0 Å². The van der Waals surface area contributed by atoms with Crippen molar-refractivity contribution in [3.63, 3.8) is 0 Å². The maximum atomic E-state index is 12.8. The monoisotopic (exact) mass is 174 g/mol. The van der Waals surface area contributed by atoms with E-state index in [2.05, 4.69) is 0 Å². The molecular formula is C9H15FO2. The number of halogens is 1. The van der Waals surface area contributed by atoms with Crippen molar-refractivity contribution < 1.29 is 13.9 Å². The molecule has 0 heterocycles. The molecule has 0 N–H and O–H groups in total. The van der Waals surface area contributed by atoms with E-state index in [0.717, 1.165) is 6.42 Å². The lowest BCUT2D eigenvalue weighted by molar-refractivity contribution is -0.127. The quantitative estimate of drug-likeness (QED) is 0.651. The van der Waals surface area contributed by atoms with Crippen molar-refractivity contribution in [2.75, 3.05) is 13.2 Å². The smallest absolute Gasteiger partial charge is 0.166 e. The largest absolute Gasteiger partial charge is 0.381 e. The zero-order chi connectivity index (χ0) is 8.97. The molecule has 1 aliphatic carbocycles. The zero-order valence-electron chi connectivity index (χ0n) is 7.38. The Bertz CT molecular complexity index is 159. The van der Waals surface area contributed by atoms with Gasteiger partial charge in [0.25, 0.3) is 0 Å². The molecule has 3 heteroatoms. The molecule has 1 rings (SSSR count). The standard InChI is InChI=1S/C9H15FO2/c1-2-12-6-7-3-4-9(11)8(10)5-7/h7-8H,2-6H2,1H3. The van der Waals surface area contributed by atoms with E-state index in [9.17, 15) is 9.18 Å². The predicted octanol–water partition coefficient (Wildman–Crippen LogP) is 1.73. The molecule has 0 spiro atoms. The summed E-state index contributed by atoms with van der Waals surface area (Å²) in [5.41, 5.74) is 0. The number of carbonyl (C=O) groups is 1. The Hall–Kier alpha value is -0.440. The molecule has 0 aromatic carbocycles. The minimum atomic E-state index is -1.23. The van der Waals surface area contributed by atoms with Gasteiger partial charge in [-0.2, -0.15) is 0 Å². The Morgan fingerprint density at radius 3 is 3.00 bits per heavy atom. The lowest BCUT2D eigenvalue weighted by atomic mass is 9.88. The van der Waals surface area contributed by atoms with Crippen LogP contribution >= 0.6 is 0 Å². The van der Waals surface area contributed by atoms with Crippen LogP contribution in [0.5, 0.6) is 0 Å². The van der Waals surface area contributed by atoms with Crippen LogP contribution in [0.3, 0.4) is 0 Å². The van der Waals surface area contributed by atoms with Crippen molar-refractivity contribution >= 4 is 5.78 Å². The summed E-state index contributed by atoms with van der Waals surface area (Å²) >= 11 is 0. The average molecular weight is 174 g/mol. The summed E-state index contributed by atoms with van der Waals surface area (Å²) in [6.45, 7) is 3.19. The van der Waals surface area contributed by atoms with Crippen molar-refractivity contribution in [1.29, 1.82) is 0 Å². The molecule has 2 unspecified atom stereocenters. The second kappa shape index (κ2) is 4.55. The summed E-state index contributed by atoms with van der Waals surface area (Å²) in [5.74, 6) is 0.0143. The number of carbonyl (C=O) groups excluding carboxylic acids is 1. The van der Waals surface area contributed by atoms with Crippen LogP contribution in [0.1, 0.15) is 26.2 Å². The second-order valence-corrected chi connectivity index (χ2v) is 3.23. The van der Waals surface area contributed by atoms with E-state index >= 15 is 0 Å². The average Bonchev–Trinajstić information content (AvgIpc) is 2.07. The number of hydrogen-bond acceptors (Lipinski definition) is 2. The van der Waals surface area contributed by atoms with E-state index < -0.39 is 6.17 Å². The van der Waals surface area contributed by atoms with Crippen molar-refractivity contribution in [2.24, 2.45) is 5.92 Å². The summed E-state index contributed by atoms with van der Waals surface area (Å²) in [4.78, 5) is 10.8. The van der Waals surface area contributed by atoms with Gasteiger partial charge in [0.2, 0.25) is 0 Å². The third-order valence-electron chi connectivity index (χ3n) is 2.25. The fraction of sp³-hybridized carbons (Fsp3) is 0.889. The first kappa shape index (κ1) is 9.65. The van der Waals surface area contributed by atoms with Crippen LogP contribution < -0.4 is 0 Å². The third-order valence-corrected chi connectivity index (χ3v) is 2.25. The lowest BCUT2D eigenvalue weighted by Gasteiger charge is -2.22. The molecule has 0 bridgehead atoms. The Morgan fingerprint density at radius 1 is 1.67 bits per heavy atom. The van der Waals surface area contributed by atoms with Crippen LogP contribution in [0.4, 0.5) is 4.39 Å². The maximum Gasteiger partial charge on any atom is 0.166 e. The van der Waals surface area contributed by atoms with Gasteiger partial charge in [-0.3, -0.25) is 4.79 Å². The number of Topliss-reactive ketones (excluding diaryl/α,β-unsaturated/α-hetero) is 1. The highest BCUT2D eigenvalue weighted by atomic mass is 19.1. The Labute approximate surface area is 72.1 Å². The first-order valence-corrected chi connectivity index (χ1v) is 4.48. The number of hydrogen-bond donors (Lipinski definition) is 0. The van der Waals surface area contributed by atoms with Crippen molar-refractivity contribution in [2.45, 2.75) is 32.4 Å². The van der Waals surface area contributed by atoms with Gasteiger partial charge in [0.1, 0.15) is 0 Å². The van der Waals surface area contributed by atoms with E-state index in [4.69, 9.17) is 4.74 Å². The lowest BCUT2D eigenvalue weighted by Crippen LogP contribution is -2.28. The van der Waals surface area contributed by atoms with E-state index in [1.165, 1.54) is 0 Å². The molecule has 1 aliphatic rings. The van der Waals surface area contributed by atoms with E-state index in [1.807, 2.05) is 6.92 Å². The first-order valence-electron chi connectivity index (χ1n) is 4.48. The fourth-order valence-electron chi connectivity index (χ4n) is 1.48. The normalized spacial score (nSPS) is 30.7. The Balaban J connectivity index is 2.25. The van der Waals surface area contributed by atoms with Gasteiger partial charge in [-0.25, -0.2) is 4.39 Å². The van der Waals surface area contributed by atoms with Gasteiger partial charge in [-0.15, -0.1) is 0 Å². The summed E-state index contributed by atoms with van der Waals surface area (Å²) < 4.78 is 18.0. The van der Waals surface area contributed by atoms with Crippen LogP contribution in [-0.2, 0) is 9.53 Å². The summed E-state index contributed by atoms with van der Waals surface area (Å²) in [6, 6.07) is 0. The van der Waals surface area contributed by atoms with Crippen LogP contribution in [0.2, 0.25) is 0 Å². The van der Waals surface area contributed by atoms with Crippen molar-refractivity contribution in [3.8, 4) is 0 Å². The zero-order valence-corrected chi connectivity index (χ0v) is 7.38. The third kappa shape index (κ3) is 2.55. The number of rotatable bonds is 3. The highest BCUT2D eigenvalue weighted by molar-refractivity contribution is 5.83. The summed E-state index contributed by atoms with van der Waals surface area (Å²) in [6.07, 6.45) is 0.306. The second-order valence-electron chi connectivity index (χ2n) is 3.23. The molecule has 0 aliphatic heterocycles. The van der Waals surface area contributed by atoms with E-state index in [0.29, 0.717) is 26.1 Å². The Kier molecular flexibility index (Phi) is 3.66. The van der Waals surface area contributed by atoms with Gasteiger partial charge in [0.05, 0.1) is 0 Å². The van der Waals surface area contributed by atoms with Gasteiger partial charge in [0, 0.05) is 19.6 Å². The summed E-state index contributed by atoms with van der Waals surface area (Å²) in [7, 11) is 0. The van der Waals surface area contributed by atoms with Gasteiger partial charge >= 0.3 is 0 Å². The molecule has 1 fully saturated rings. The fourth-order valence-corrected chi connectivity index (χ4v) is 1.48. The minimum absolute atomic E-state index is 0.234. The molecule has 0 radical (unpaired) electrons. The van der Waals surface area contributed by atoms with E-state index in [1.54, 1.807) is 0 Å². The number of ketones is 1. The van der Waals surface area contributed by atoms with Crippen LogP contribution in [0, 0.1) is 5.92 Å². The first-order chi connectivity index (χ1) is 5.74. The van der Waals surface area contributed by atoms with Crippen molar-refractivity contribution in [1.82, 2.24) is 0 Å². The van der Waals surface area contributed by atoms with Gasteiger partial charge in [-0.1, -0.05) is 0 Å². The maximum absolute atomic E-state index is 12.8. The molecule has 12 heavy (non-hydrogen) atoms. The van der Waals surface area contributed by atoms with E-state index in [-0.39, 0.29) is 11.7 Å². The highest BCUT2D eigenvalue weighted by Crippen LogP contribution is 2.23. The summed E-state index contributed by atoms with van der Waals surface area (Å²) in [5, 5.41) is 0. The Morgan fingerprint density at radius 2 is 2.42 bits per heavy atom.